The summed E-state index contributed by atoms with van der Waals surface area (Å²) in [7, 11) is 0. The van der Waals surface area contributed by atoms with Gasteiger partial charge in [0.1, 0.15) is 0 Å². The molecule has 1 aromatic rings. The van der Waals surface area contributed by atoms with E-state index in [4.69, 9.17) is 4.74 Å². The van der Waals surface area contributed by atoms with Crippen LogP contribution in [0.15, 0.2) is 24.3 Å². The lowest BCUT2D eigenvalue weighted by molar-refractivity contribution is -0.149. The monoisotopic (exact) mass is 330 g/mol. The largest absolute Gasteiger partial charge is 0.466 e. The van der Waals surface area contributed by atoms with Crippen molar-refractivity contribution in [3.8, 4) is 0 Å². The molecule has 1 aromatic carbocycles. The summed E-state index contributed by atoms with van der Waals surface area (Å²) >= 11 is 0. The molecule has 0 saturated carbocycles. The fourth-order valence-corrected chi connectivity index (χ4v) is 3.67. The molecule has 2 fully saturated rings. The Morgan fingerprint density at radius 1 is 1.12 bits per heavy atom. The van der Waals surface area contributed by atoms with Gasteiger partial charge in [0.2, 0.25) is 0 Å². The van der Waals surface area contributed by atoms with Gasteiger partial charge in [-0.05, 0) is 44.7 Å². The van der Waals surface area contributed by atoms with Crippen LogP contribution in [-0.4, -0.2) is 49.6 Å². The van der Waals surface area contributed by atoms with Gasteiger partial charge in [-0.15, -0.1) is 0 Å². The third-order valence-electron chi connectivity index (χ3n) is 4.91. The van der Waals surface area contributed by atoms with Crippen molar-refractivity contribution in [2.45, 2.75) is 32.6 Å². The summed E-state index contributed by atoms with van der Waals surface area (Å²) in [5, 5.41) is 0. The van der Waals surface area contributed by atoms with Crippen LogP contribution >= 0.6 is 0 Å². The molecule has 1 atom stereocenters. The van der Waals surface area contributed by atoms with Crippen molar-refractivity contribution < 1.29 is 14.3 Å². The van der Waals surface area contributed by atoms with E-state index in [-0.39, 0.29) is 17.8 Å². The van der Waals surface area contributed by atoms with Gasteiger partial charge in [0, 0.05) is 31.9 Å². The summed E-state index contributed by atoms with van der Waals surface area (Å²) in [5.74, 6) is -0.337. The highest BCUT2D eigenvalue weighted by atomic mass is 16.5. The van der Waals surface area contributed by atoms with Crippen LogP contribution in [0, 0.1) is 5.92 Å². The fraction of sp³-hybridized carbons (Fsp3) is 0.579. The maximum Gasteiger partial charge on any atom is 0.310 e. The minimum Gasteiger partial charge on any atom is -0.466 e. The Kier molecular flexibility index (Phi) is 5.38. The molecule has 3 rings (SSSR count). The molecular formula is C19H26N2O3. The molecule has 24 heavy (non-hydrogen) atoms. The van der Waals surface area contributed by atoms with Crippen molar-refractivity contribution in [3.05, 3.63) is 29.8 Å². The summed E-state index contributed by atoms with van der Waals surface area (Å²) in [6.45, 7) is 5.40. The molecule has 5 nitrogen and oxygen atoms in total. The number of para-hydroxylation sites is 1. The van der Waals surface area contributed by atoms with E-state index in [0.717, 1.165) is 37.2 Å². The molecule has 0 bridgehead atoms. The fourth-order valence-electron chi connectivity index (χ4n) is 3.67. The highest BCUT2D eigenvalue weighted by Crippen LogP contribution is 2.27. The van der Waals surface area contributed by atoms with E-state index in [9.17, 15) is 9.59 Å². The summed E-state index contributed by atoms with van der Waals surface area (Å²) < 4.78 is 5.14. The first kappa shape index (κ1) is 16.8. The van der Waals surface area contributed by atoms with Crippen molar-refractivity contribution in [2.75, 3.05) is 37.7 Å². The maximum absolute atomic E-state index is 13.1. The number of hydrogen-bond donors (Lipinski definition) is 0. The molecule has 2 aliphatic rings. The normalized spacial score (nSPS) is 21.0. The Hall–Kier alpha value is -2.04. The summed E-state index contributed by atoms with van der Waals surface area (Å²) in [6, 6.07) is 7.84. The van der Waals surface area contributed by atoms with Crippen LogP contribution in [0.1, 0.15) is 43.0 Å². The number of carbonyl (C=O) groups excluding carboxylic acids is 2. The molecule has 1 amide bonds. The molecule has 0 aromatic heterocycles. The quantitative estimate of drug-likeness (QED) is 0.797. The first-order valence-electron chi connectivity index (χ1n) is 9.00. The maximum atomic E-state index is 13.1. The van der Waals surface area contributed by atoms with E-state index in [1.165, 1.54) is 12.8 Å². The Morgan fingerprint density at radius 2 is 1.88 bits per heavy atom. The average molecular weight is 330 g/mol. The Balaban J connectivity index is 1.75. The van der Waals surface area contributed by atoms with Crippen LogP contribution < -0.4 is 4.90 Å². The number of benzene rings is 1. The van der Waals surface area contributed by atoms with Gasteiger partial charge in [-0.2, -0.15) is 0 Å². The zero-order valence-electron chi connectivity index (χ0n) is 14.4. The molecule has 130 valence electrons. The zero-order valence-corrected chi connectivity index (χ0v) is 14.4. The number of esters is 1. The van der Waals surface area contributed by atoms with E-state index in [1.54, 1.807) is 0 Å². The third-order valence-corrected chi connectivity index (χ3v) is 4.91. The lowest BCUT2D eigenvalue weighted by atomic mass is 9.97. The van der Waals surface area contributed by atoms with Crippen LogP contribution in [0.5, 0.6) is 0 Å². The molecule has 2 saturated heterocycles. The number of hydrogen-bond acceptors (Lipinski definition) is 4. The average Bonchev–Trinajstić information content (AvgIpc) is 3.16. The van der Waals surface area contributed by atoms with Crippen LogP contribution in [0.25, 0.3) is 0 Å². The number of ether oxygens (including phenoxy) is 1. The molecule has 0 radical (unpaired) electrons. The summed E-state index contributed by atoms with van der Waals surface area (Å²) in [4.78, 5) is 29.2. The molecule has 0 spiro atoms. The minimum absolute atomic E-state index is 0.0338. The number of amides is 1. The molecule has 1 unspecified atom stereocenters. The van der Waals surface area contributed by atoms with Crippen molar-refractivity contribution in [1.82, 2.24) is 4.90 Å². The van der Waals surface area contributed by atoms with Gasteiger partial charge in [0.05, 0.1) is 18.1 Å². The Bertz CT molecular complexity index is 596. The van der Waals surface area contributed by atoms with Crippen molar-refractivity contribution in [3.63, 3.8) is 0 Å². The molecule has 0 N–H and O–H groups in total. The molecular weight excluding hydrogens is 304 g/mol. The van der Waals surface area contributed by atoms with E-state index >= 15 is 0 Å². The first-order valence-corrected chi connectivity index (χ1v) is 9.00. The van der Waals surface area contributed by atoms with E-state index in [0.29, 0.717) is 19.7 Å². The summed E-state index contributed by atoms with van der Waals surface area (Å²) in [6.07, 6.45) is 4.01. The second-order valence-electron chi connectivity index (χ2n) is 6.55. The van der Waals surface area contributed by atoms with Crippen LogP contribution in [0.3, 0.4) is 0 Å². The molecule has 5 heteroatoms. The van der Waals surface area contributed by atoms with E-state index in [2.05, 4.69) is 4.90 Å². The number of anilines is 1. The highest BCUT2D eigenvalue weighted by Gasteiger charge is 2.31. The van der Waals surface area contributed by atoms with Gasteiger partial charge in [-0.1, -0.05) is 12.1 Å². The van der Waals surface area contributed by atoms with E-state index < -0.39 is 0 Å². The Morgan fingerprint density at radius 3 is 2.62 bits per heavy atom. The number of nitrogens with zero attached hydrogens (tertiary/aromatic N) is 2. The smallest absolute Gasteiger partial charge is 0.310 e. The minimum atomic E-state index is -0.193. The second-order valence-corrected chi connectivity index (χ2v) is 6.55. The highest BCUT2D eigenvalue weighted by molar-refractivity contribution is 6.00. The third kappa shape index (κ3) is 3.55. The predicted octanol–water partition coefficient (Wildman–Crippen LogP) is 2.70. The SMILES string of the molecule is CCOC(=O)C1CCCN(C(=O)c2ccccc2N2CCCC2)C1. The Labute approximate surface area is 143 Å². The number of carbonyl (C=O) groups is 2. The topological polar surface area (TPSA) is 49.9 Å². The number of likely N-dealkylation sites (tertiary alicyclic amines) is 1. The van der Waals surface area contributed by atoms with Crippen molar-refractivity contribution >= 4 is 17.6 Å². The van der Waals surface area contributed by atoms with E-state index in [1.807, 2.05) is 36.1 Å². The van der Waals surface area contributed by atoms with Gasteiger partial charge in [0.15, 0.2) is 0 Å². The predicted molar refractivity (Wildman–Crippen MR) is 93.1 cm³/mol. The van der Waals surface area contributed by atoms with Gasteiger partial charge >= 0.3 is 5.97 Å². The lowest BCUT2D eigenvalue weighted by Gasteiger charge is -2.32. The van der Waals surface area contributed by atoms with Crippen LogP contribution in [0.4, 0.5) is 5.69 Å². The van der Waals surface area contributed by atoms with Crippen molar-refractivity contribution in [2.24, 2.45) is 5.92 Å². The van der Waals surface area contributed by atoms with Crippen LogP contribution in [-0.2, 0) is 9.53 Å². The molecule has 2 heterocycles. The van der Waals surface area contributed by atoms with Gasteiger partial charge < -0.3 is 14.5 Å². The van der Waals surface area contributed by atoms with Crippen molar-refractivity contribution in [1.29, 1.82) is 0 Å². The number of piperidine rings is 1. The molecule has 0 aliphatic carbocycles. The lowest BCUT2D eigenvalue weighted by Crippen LogP contribution is -2.43. The summed E-state index contributed by atoms with van der Waals surface area (Å²) in [5.41, 5.74) is 1.78. The number of rotatable bonds is 4. The van der Waals surface area contributed by atoms with Gasteiger partial charge in [-0.25, -0.2) is 0 Å². The standard InChI is InChI=1S/C19H26N2O3/c1-2-24-19(23)15-8-7-13-21(14-15)18(22)16-9-3-4-10-17(16)20-11-5-6-12-20/h3-4,9-10,15H,2,5-8,11-14H2,1H3. The molecule has 2 aliphatic heterocycles. The van der Waals surface area contributed by atoms with Gasteiger partial charge in [-0.3, -0.25) is 9.59 Å². The zero-order chi connectivity index (χ0) is 16.9. The first-order chi connectivity index (χ1) is 11.7. The van der Waals surface area contributed by atoms with Crippen LogP contribution in [0.2, 0.25) is 0 Å². The van der Waals surface area contributed by atoms with Gasteiger partial charge in [0.25, 0.3) is 5.91 Å². The second kappa shape index (κ2) is 7.69.